The van der Waals surface area contributed by atoms with Crippen molar-refractivity contribution in [2.45, 2.75) is 18.6 Å². The summed E-state index contributed by atoms with van der Waals surface area (Å²) < 4.78 is 35.1. The van der Waals surface area contributed by atoms with Gasteiger partial charge in [0, 0.05) is 20.1 Å². The average Bonchev–Trinajstić information content (AvgIpc) is 2.75. The average molecular weight is 434 g/mol. The number of nitrogens with one attached hydrogen (secondary N) is 2. The van der Waals surface area contributed by atoms with Gasteiger partial charge in [-0.25, -0.2) is 8.42 Å². The van der Waals surface area contributed by atoms with E-state index in [9.17, 15) is 8.42 Å². The maximum absolute atomic E-state index is 12.2. The van der Waals surface area contributed by atoms with Gasteiger partial charge in [0.2, 0.25) is 0 Å². The van der Waals surface area contributed by atoms with Gasteiger partial charge in [-0.1, -0.05) is 36.4 Å². The first-order chi connectivity index (χ1) is 14.5. The van der Waals surface area contributed by atoms with Gasteiger partial charge in [-0.2, -0.15) is 0 Å². The van der Waals surface area contributed by atoms with E-state index in [2.05, 4.69) is 15.6 Å². The summed E-state index contributed by atoms with van der Waals surface area (Å²) >= 11 is 0. The molecule has 164 valence electrons. The van der Waals surface area contributed by atoms with Gasteiger partial charge in [-0.3, -0.25) is 4.99 Å². The van der Waals surface area contributed by atoms with E-state index in [0.717, 1.165) is 17.5 Å². The molecule has 2 aromatic carbocycles. The highest BCUT2D eigenvalue weighted by Crippen LogP contribution is 2.27. The lowest BCUT2D eigenvalue weighted by Crippen LogP contribution is -2.39. The molecule has 0 aliphatic heterocycles. The van der Waals surface area contributed by atoms with Crippen LogP contribution >= 0.6 is 0 Å². The monoisotopic (exact) mass is 433 g/mol. The van der Waals surface area contributed by atoms with E-state index in [1.807, 2.05) is 48.5 Å². The number of sulfone groups is 1. The molecule has 0 spiro atoms. The van der Waals surface area contributed by atoms with E-state index >= 15 is 0 Å². The smallest absolute Gasteiger partial charge is 0.190 e. The molecule has 0 saturated carbocycles. The second-order valence-electron chi connectivity index (χ2n) is 6.80. The van der Waals surface area contributed by atoms with Crippen LogP contribution in [0.5, 0.6) is 11.5 Å². The topological polar surface area (TPSA) is 89.0 Å². The number of ether oxygens (including phenoxy) is 2. The molecule has 0 heterocycles. The van der Waals surface area contributed by atoms with Crippen LogP contribution in [-0.2, 0) is 22.0 Å². The Balaban J connectivity index is 1.71. The zero-order valence-corrected chi connectivity index (χ0v) is 18.7. The molecule has 0 bridgehead atoms. The molecule has 8 heteroatoms. The molecule has 0 radical (unpaired) electrons. The molecule has 0 aliphatic rings. The molecule has 0 saturated heterocycles. The van der Waals surface area contributed by atoms with Crippen molar-refractivity contribution in [2.24, 2.45) is 4.99 Å². The lowest BCUT2D eigenvalue weighted by molar-refractivity contribution is 0.354. The minimum absolute atomic E-state index is 0.0755. The number of benzene rings is 2. The third kappa shape index (κ3) is 7.94. The highest BCUT2D eigenvalue weighted by atomic mass is 32.2. The van der Waals surface area contributed by atoms with Crippen LogP contribution in [0, 0.1) is 0 Å². The van der Waals surface area contributed by atoms with E-state index in [4.69, 9.17) is 9.47 Å². The van der Waals surface area contributed by atoms with Crippen molar-refractivity contribution >= 4 is 15.8 Å². The number of aliphatic imine (C=N–C) groups is 1. The van der Waals surface area contributed by atoms with Gasteiger partial charge in [0.05, 0.1) is 25.7 Å². The number of methoxy groups -OCH3 is 2. The fourth-order valence-electron chi connectivity index (χ4n) is 2.98. The number of guanidine groups is 1. The Labute approximate surface area is 179 Å². The van der Waals surface area contributed by atoms with Crippen molar-refractivity contribution in [3.63, 3.8) is 0 Å². The molecule has 0 unspecified atom stereocenters. The molecule has 2 N–H and O–H groups in total. The van der Waals surface area contributed by atoms with Crippen LogP contribution in [0.1, 0.15) is 17.5 Å². The van der Waals surface area contributed by atoms with Crippen molar-refractivity contribution in [1.82, 2.24) is 10.6 Å². The second-order valence-corrected chi connectivity index (χ2v) is 8.98. The molecule has 0 aromatic heterocycles. The third-order valence-corrected chi connectivity index (χ3v) is 6.22. The highest BCUT2D eigenvalue weighted by molar-refractivity contribution is 7.90. The Hall–Kier alpha value is -2.74. The van der Waals surface area contributed by atoms with Gasteiger partial charge >= 0.3 is 0 Å². The van der Waals surface area contributed by atoms with Crippen LogP contribution in [0.25, 0.3) is 0 Å². The van der Waals surface area contributed by atoms with Crippen molar-refractivity contribution < 1.29 is 17.9 Å². The first-order valence-corrected chi connectivity index (χ1v) is 11.7. The molecule has 0 aliphatic carbocycles. The van der Waals surface area contributed by atoms with Gasteiger partial charge in [-0.15, -0.1) is 0 Å². The predicted molar refractivity (Wildman–Crippen MR) is 121 cm³/mol. The molecule has 0 atom stereocenters. The minimum atomic E-state index is -3.13. The molecular formula is C22H31N3O4S. The van der Waals surface area contributed by atoms with Gasteiger partial charge in [-0.05, 0) is 36.1 Å². The van der Waals surface area contributed by atoms with Crippen molar-refractivity contribution in [3.05, 3.63) is 59.7 Å². The Morgan fingerprint density at radius 2 is 1.63 bits per heavy atom. The molecule has 2 aromatic rings. The van der Waals surface area contributed by atoms with Crippen LogP contribution in [0.4, 0.5) is 0 Å². The standard InChI is InChI=1S/C22H31N3O4S/c1-23-22(25-14-12-18-10-11-20(28-2)21(16-18)29-3)24-13-7-15-30(26,27)17-19-8-5-4-6-9-19/h4-6,8-11,16H,7,12-15,17H2,1-3H3,(H2,23,24,25). The van der Waals surface area contributed by atoms with E-state index in [1.54, 1.807) is 21.3 Å². The lowest BCUT2D eigenvalue weighted by Gasteiger charge is -2.13. The first-order valence-electron chi connectivity index (χ1n) is 9.87. The molecular weight excluding hydrogens is 402 g/mol. The predicted octanol–water partition coefficient (Wildman–Crippen LogP) is 2.42. The van der Waals surface area contributed by atoms with E-state index in [0.29, 0.717) is 37.0 Å². The highest BCUT2D eigenvalue weighted by Gasteiger charge is 2.11. The maximum atomic E-state index is 12.2. The fraction of sp³-hybridized carbons (Fsp3) is 0.409. The largest absolute Gasteiger partial charge is 0.493 e. The minimum Gasteiger partial charge on any atom is -0.493 e. The van der Waals surface area contributed by atoms with Crippen molar-refractivity contribution in [2.75, 3.05) is 40.1 Å². The third-order valence-electron chi connectivity index (χ3n) is 4.53. The number of hydrogen-bond acceptors (Lipinski definition) is 5. The Morgan fingerprint density at radius 1 is 0.933 bits per heavy atom. The van der Waals surface area contributed by atoms with Crippen LogP contribution in [0.2, 0.25) is 0 Å². The fourth-order valence-corrected chi connectivity index (χ4v) is 4.41. The summed E-state index contributed by atoms with van der Waals surface area (Å²) in [6, 6.07) is 15.1. The number of rotatable bonds is 11. The summed E-state index contributed by atoms with van der Waals surface area (Å²) in [5, 5.41) is 6.40. The maximum Gasteiger partial charge on any atom is 0.190 e. The van der Waals surface area contributed by atoms with Gasteiger partial charge < -0.3 is 20.1 Å². The quantitative estimate of drug-likeness (QED) is 0.321. The molecule has 2 rings (SSSR count). The van der Waals surface area contributed by atoms with Crippen LogP contribution < -0.4 is 20.1 Å². The van der Waals surface area contributed by atoms with Crippen LogP contribution in [-0.4, -0.2) is 54.5 Å². The summed E-state index contributed by atoms with van der Waals surface area (Å²) in [7, 11) is 1.79. The Kier molecular flexibility index (Phi) is 9.47. The SMILES string of the molecule is CN=C(NCCCS(=O)(=O)Cc1ccccc1)NCCc1ccc(OC)c(OC)c1. The molecule has 30 heavy (non-hydrogen) atoms. The summed E-state index contributed by atoms with van der Waals surface area (Å²) in [6.07, 6.45) is 1.30. The number of hydrogen-bond donors (Lipinski definition) is 2. The number of nitrogens with zero attached hydrogens (tertiary/aromatic N) is 1. The summed E-state index contributed by atoms with van der Waals surface area (Å²) in [6.45, 7) is 1.21. The van der Waals surface area contributed by atoms with Crippen LogP contribution in [0.3, 0.4) is 0 Å². The molecule has 7 nitrogen and oxygen atoms in total. The Morgan fingerprint density at radius 3 is 2.30 bits per heavy atom. The van der Waals surface area contributed by atoms with E-state index in [-0.39, 0.29) is 11.5 Å². The van der Waals surface area contributed by atoms with E-state index in [1.165, 1.54) is 0 Å². The summed E-state index contributed by atoms with van der Waals surface area (Å²) in [5.74, 6) is 2.27. The zero-order valence-electron chi connectivity index (χ0n) is 17.8. The van der Waals surface area contributed by atoms with Gasteiger partial charge in [0.1, 0.15) is 0 Å². The normalized spacial score (nSPS) is 11.8. The van der Waals surface area contributed by atoms with Crippen LogP contribution in [0.15, 0.2) is 53.5 Å². The zero-order chi connectivity index (χ0) is 21.8. The molecule has 0 amide bonds. The molecule has 0 fully saturated rings. The summed E-state index contributed by atoms with van der Waals surface area (Å²) in [5.41, 5.74) is 1.93. The Bertz CT molecular complexity index is 915. The van der Waals surface area contributed by atoms with E-state index < -0.39 is 9.84 Å². The second kappa shape index (κ2) is 12.1. The van der Waals surface area contributed by atoms with Gasteiger partial charge in [0.25, 0.3) is 0 Å². The lowest BCUT2D eigenvalue weighted by atomic mass is 10.1. The van der Waals surface area contributed by atoms with Crippen molar-refractivity contribution in [1.29, 1.82) is 0 Å². The first kappa shape index (κ1) is 23.5. The van der Waals surface area contributed by atoms with Crippen molar-refractivity contribution in [3.8, 4) is 11.5 Å². The van der Waals surface area contributed by atoms with Gasteiger partial charge in [0.15, 0.2) is 27.3 Å². The summed E-state index contributed by atoms with van der Waals surface area (Å²) in [4.78, 5) is 4.18.